The molecule has 98 heavy (non-hydrogen) atoms. The minimum Gasteiger partial charge on any atom is -0.309 e. The molecule has 0 bridgehead atoms. The van der Waals surface area contributed by atoms with Crippen molar-refractivity contribution >= 4 is 43.6 Å². The average molecular weight is 1250 g/mol. The van der Waals surface area contributed by atoms with Gasteiger partial charge < -0.3 is 9.13 Å². The zero-order valence-electron chi connectivity index (χ0n) is 52.8. The van der Waals surface area contributed by atoms with Gasteiger partial charge in [0.15, 0.2) is 17.5 Å². The van der Waals surface area contributed by atoms with Crippen molar-refractivity contribution in [2.45, 2.75) is 0 Å². The molecule has 0 aliphatic rings. The summed E-state index contributed by atoms with van der Waals surface area (Å²) in [5.74, 6) is 1.19. The Morgan fingerprint density at radius 2 is 0.551 bits per heavy atom. The summed E-state index contributed by atoms with van der Waals surface area (Å²) in [5.41, 5.74) is 23.4. The Labute approximate surface area is 566 Å². The maximum absolute atomic E-state index is 10.5. The Bertz CT molecular complexity index is 5610. The van der Waals surface area contributed by atoms with E-state index in [9.17, 15) is 15.8 Å². The fraction of sp³-hybridized carbons (Fsp3) is 0. The van der Waals surface area contributed by atoms with Crippen LogP contribution in [0.2, 0.25) is 0 Å². The van der Waals surface area contributed by atoms with Crippen LogP contribution in [-0.2, 0) is 0 Å². The van der Waals surface area contributed by atoms with Gasteiger partial charge in [0.1, 0.15) is 0 Å². The van der Waals surface area contributed by atoms with Gasteiger partial charge in [0.2, 0.25) is 0 Å². The highest BCUT2D eigenvalue weighted by Crippen LogP contribution is 2.44. The fourth-order valence-corrected chi connectivity index (χ4v) is 13.9. The Morgan fingerprint density at radius 1 is 0.214 bits per heavy atom. The second-order valence-electron chi connectivity index (χ2n) is 24.4. The summed E-state index contributed by atoms with van der Waals surface area (Å²) in [6, 6.07) is 120. The van der Waals surface area contributed by atoms with Crippen LogP contribution in [0, 0.1) is 34.0 Å². The molecule has 0 amide bonds. The highest BCUT2D eigenvalue weighted by Gasteiger charge is 2.24. The summed E-state index contributed by atoms with van der Waals surface area (Å²) in [6.45, 7) is 0. The molecule has 0 radical (unpaired) electrons. The zero-order valence-corrected chi connectivity index (χ0v) is 52.8. The van der Waals surface area contributed by atoms with E-state index in [2.05, 4.69) is 234 Å². The summed E-state index contributed by atoms with van der Waals surface area (Å²) in [6.07, 6.45) is 0. The van der Waals surface area contributed by atoms with Crippen molar-refractivity contribution in [2.75, 3.05) is 0 Å². The van der Waals surface area contributed by atoms with E-state index < -0.39 is 0 Å². The summed E-state index contributed by atoms with van der Waals surface area (Å²) in [7, 11) is 0. The van der Waals surface area contributed by atoms with Crippen LogP contribution in [0.15, 0.2) is 328 Å². The molecule has 0 unspecified atom stereocenters. The van der Waals surface area contributed by atoms with Crippen molar-refractivity contribution in [3.05, 3.63) is 344 Å². The van der Waals surface area contributed by atoms with Crippen molar-refractivity contribution in [3.63, 3.8) is 0 Å². The molecule has 454 valence electrons. The Kier molecular flexibility index (Phi) is 14.5. The molecule has 0 atom stereocenters. The first-order valence-corrected chi connectivity index (χ1v) is 32.5. The minimum absolute atomic E-state index is 0.391. The molecule has 0 spiro atoms. The molecule has 0 aliphatic carbocycles. The van der Waals surface area contributed by atoms with E-state index in [1.807, 2.05) is 121 Å². The third kappa shape index (κ3) is 10.5. The smallest absolute Gasteiger partial charge is 0.164 e. The molecular formula is C90H54N8. The maximum Gasteiger partial charge on any atom is 0.164 e. The SMILES string of the molecule is N#Cc1cccc(-c2ccc(-n3c4ccc(-c5ccccc5)cc4c4cc(-c5ccccc5)ccc43)cc2-c2nc(-c3ccc(-c4ccccc4C#N)cc3)nc(-c3cc(-n4c5ccc(-c6ccccc6)cc5c5cc(-c6ccccc6)ccc54)ccc3-c3cccc(C#N)c3)n2)c1. The van der Waals surface area contributed by atoms with E-state index in [0.29, 0.717) is 45.3 Å². The number of hydrogen-bond donors (Lipinski definition) is 0. The van der Waals surface area contributed by atoms with Gasteiger partial charge in [-0.3, -0.25) is 0 Å². The van der Waals surface area contributed by atoms with Crippen molar-refractivity contribution in [1.82, 2.24) is 24.1 Å². The van der Waals surface area contributed by atoms with E-state index in [0.717, 1.165) is 138 Å². The van der Waals surface area contributed by atoms with Gasteiger partial charge in [-0.25, -0.2) is 15.0 Å². The van der Waals surface area contributed by atoms with Crippen molar-refractivity contribution in [1.29, 1.82) is 15.8 Å². The lowest BCUT2D eigenvalue weighted by Crippen LogP contribution is -2.04. The number of nitrogens with zero attached hydrogens (tertiary/aromatic N) is 8. The van der Waals surface area contributed by atoms with Gasteiger partial charge in [0, 0.05) is 49.6 Å². The molecular weight excluding hydrogens is 1190 g/mol. The largest absolute Gasteiger partial charge is 0.309 e. The minimum atomic E-state index is 0.391. The quantitative estimate of drug-likeness (QED) is 0.120. The van der Waals surface area contributed by atoms with Crippen LogP contribution in [0.1, 0.15) is 16.7 Å². The monoisotopic (exact) mass is 1250 g/mol. The number of aromatic nitrogens is 5. The predicted octanol–water partition coefficient (Wildman–Crippen LogP) is 22.4. The van der Waals surface area contributed by atoms with E-state index in [1.54, 1.807) is 0 Å². The Balaban J connectivity index is 0.932. The van der Waals surface area contributed by atoms with Gasteiger partial charge in [0.05, 0.1) is 57.0 Å². The molecule has 0 saturated heterocycles. The second-order valence-corrected chi connectivity index (χ2v) is 24.4. The van der Waals surface area contributed by atoms with Crippen molar-refractivity contribution in [3.8, 4) is 142 Å². The highest BCUT2D eigenvalue weighted by molar-refractivity contribution is 6.13. The molecule has 14 aromatic carbocycles. The van der Waals surface area contributed by atoms with E-state index in [1.165, 1.54) is 0 Å². The summed E-state index contributed by atoms with van der Waals surface area (Å²) in [4.78, 5) is 16.8. The van der Waals surface area contributed by atoms with Crippen molar-refractivity contribution in [2.24, 2.45) is 0 Å². The predicted molar refractivity (Wildman–Crippen MR) is 397 cm³/mol. The van der Waals surface area contributed by atoms with Gasteiger partial charge >= 0.3 is 0 Å². The molecule has 0 fully saturated rings. The van der Waals surface area contributed by atoms with Gasteiger partial charge in [-0.2, -0.15) is 15.8 Å². The van der Waals surface area contributed by atoms with Gasteiger partial charge in [-0.05, 0) is 181 Å². The lowest BCUT2D eigenvalue weighted by molar-refractivity contribution is 1.07. The topological polar surface area (TPSA) is 120 Å². The van der Waals surface area contributed by atoms with Crippen molar-refractivity contribution < 1.29 is 0 Å². The number of benzene rings is 14. The zero-order chi connectivity index (χ0) is 65.6. The number of nitriles is 3. The lowest BCUT2D eigenvalue weighted by Gasteiger charge is -2.18. The molecule has 8 heteroatoms. The third-order valence-corrected chi connectivity index (χ3v) is 18.7. The summed E-state index contributed by atoms with van der Waals surface area (Å²) in [5, 5.41) is 35.5. The van der Waals surface area contributed by atoms with Crippen LogP contribution in [0.3, 0.4) is 0 Å². The molecule has 8 nitrogen and oxygen atoms in total. The van der Waals surface area contributed by atoms with Crippen LogP contribution in [-0.4, -0.2) is 24.1 Å². The first-order valence-electron chi connectivity index (χ1n) is 32.5. The second kappa shape index (κ2) is 24.6. The first-order chi connectivity index (χ1) is 48.4. The van der Waals surface area contributed by atoms with Gasteiger partial charge in [-0.1, -0.05) is 224 Å². The average Bonchev–Trinajstić information content (AvgIpc) is 1.51. The van der Waals surface area contributed by atoms with E-state index >= 15 is 0 Å². The van der Waals surface area contributed by atoms with Crippen LogP contribution in [0.25, 0.3) is 167 Å². The lowest BCUT2D eigenvalue weighted by atomic mass is 9.95. The molecule has 3 aromatic heterocycles. The molecule has 0 saturated carbocycles. The van der Waals surface area contributed by atoms with Crippen LogP contribution in [0.5, 0.6) is 0 Å². The molecule has 17 rings (SSSR count). The summed E-state index contributed by atoms with van der Waals surface area (Å²) >= 11 is 0. The standard InChI is InChI=1S/C90H54N8/c91-55-58-17-15-28-70(47-58)76-41-39-73(97-84-43-35-66(60-19-5-1-6-20-60)49-78(84)79-50-67(36-44-85(79)97)61-21-7-2-8-22-61)53-82(76)89-94-88(65-33-31-64(32-34-65)75-30-14-13-27-72(75)57-93)95-90(96-89)83-54-74(40-42-77(83)71-29-16-18-59(48-71)56-92)98-86-45-37-68(62-23-9-3-10-24-62)51-80(86)81-52-69(38-46-87(81)98)63-25-11-4-12-26-63/h1-54H. The molecule has 0 N–H and O–H groups in total. The number of hydrogen-bond acceptors (Lipinski definition) is 6. The van der Waals surface area contributed by atoms with Crippen LogP contribution < -0.4 is 0 Å². The number of fused-ring (bicyclic) bond motifs is 6. The Morgan fingerprint density at radius 3 is 0.929 bits per heavy atom. The highest BCUT2D eigenvalue weighted by atomic mass is 15.0. The third-order valence-electron chi connectivity index (χ3n) is 18.7. The van der Waals surface area contributed by atoms with E-state index in [4.69, 9.17) is 15.0 Å². The van der Waals surface area contributed by atoms with E-state index in [-0.39, 0.29) is 0 Å². The molecule has 17 aromatic rings. The van der Waals surface area contributed by atoms with Gasteiger partial charge in [-0.15, -0.1) is 0 Å². The molecule has 0 aliphatic heterocycles. The normalized spacial score (nSPS) is 11.2. The Hall–Kier alpha value is -13.8. The first kappa shape index (κ1) is 58.0. The van der Waals surface area contributed by atoms with Crippen LogP contribution >= 0.6 is 0 Å². The maximum atomic E-state index is 10.5. The molecule has 3 heterocycles. The van der Waals surface area contributed by atoms with Gasteiger partial charge in [0.25, 0.3) is 0 Å². The fourth-order valence-electron chi connectivity index (χ4n) is 13.9. The number of rotatable bonds is 12. The van der Waals surface area contributed by atoms with Crippen LogP contribution in [0.4, 0.5) is 0 Å². The summed E-state index contributed by atoms with van der Waals surface area (Å²) < 4.78 is 4.66.